The van der Waals surface area contributed by atoms with Gasteiger partial charge in [0, 0.05) is 57.9 Å². The number of hydrogen-bond acceptors (Lipinski definition) is 7. The quantitative estimate of drug-likeness (QED) is 0.382. The zero-order valence-corrected chi connectivity index (χ0v) is 25.2. The third-order valence-electron chi connectivity index (χ3n) is 8.85. The third kappa shape index (κ3) is 6.01. The highest BCUT2D eigenvalue weighted by Gasteiger charge is 2.37. The van der Waals surface area contributed by atoms with E-state index in [1.807, 2.05) is 6.07 Å². The Morgan fingerprint density at radius 3 is 2.29 bits per heavy atom. The van der Waals surface area contributed by atoms with Crippen LogP contribution in [0.5, 0.6) is 0 Å². The van der Waals surface area contributed by atoms with Crippen LogP contribution in [-0.4, -0.2) is 74.8 Å². The maximum atomic E-state index is 12.9. The monoisotopic (exact) mass is 557 g/mol. The summed E-state index contributed by atoms with van der Waals surface area (Å²) in [6, 6.07) is 13.3. The zero-order chi connectivity index (χ0) is 29.3. The van der Waals surface area contributed by atoms with Crippen LogP contribution in [0.15, 0.2) is 41.2 Å². The van der Waals surface area contributed by atoms with E-state index in [0.717, 1.165) is 45.6 Å². The number of aromatic nitrogens is 3. The maximum absolute atomic E-state index is 12.9. The molecule has 0 saturated carbocycles. The van der Waals surface area contributed by atoms with E-state index < -0.39 is 0 Å². The first-order chi connectivity index (χ1) is 19.7. The van der Waals surface area contributed by atoms with Crippen molar-refractivity contribution in [3.8, 4) is 0 Å². The molecule has 5 rings (SSSR count). The second-order valence-corrected chi connectivity index (χ2v) is 11.8. The summed E-state index contributed by atoms with van der Waals surface area (Å²) in [5, 5.41) is 0. The molecule has 4 heterocycles. The molecule has 2 aliphatic rings. The molecule has 0 spiro atoms. The number of ether oxygens (including phenoxy) is 1. The van der Waals surface area contributed by atoms with Crippen LogP contribution in [0, 0.1) is 6.57 Å². The van der Waals surface area contributed by atoms with Crippen molar-refractivity contribution in [3.05, 3.63) is 69.4 Å². The van der Waals surface area contributed by atoms with Gasteiger partial charge < -0.3 is 14.5 Å². The first kappa shape index (κ1) is 29.2. The van der Waals surface area contributed by atoms with Crippen molar-refractivity contribution in [2.24, 2.45) is 7.05 Å². The van der Waals surface area contributed by atoms with E-state index >= 15 is 0 Å². The SMILES string of the molecule is [C-]#[N+]c1ccc2c(n1)c(N1C[C@@H](CC)N(C(C)c3ccc(CN4C[C@@H](C)O[C@@H](C)C4)cc3)C[C@@H]1CC)nc(=O)n2C. The number of benzene rings is 1. The van der Waals surface area contributed by atoms with Crippen molar-refractivity contribution in [2.45, 2.75) is 84.3 Å². The van der Waals surface area contributed by atoms with Crippen molar-refractivity contribution in [1.29, 1.82) is 0 Å². The van der Waals surface area contributed by atoms with Gasteiger partial charge in [0.2, 0.25) is 5.52 Å². The summed E-state index contributed by atoms with van der Waals surface area (Å²) in [4.78, 5) is 32.9. The molecule has 2 aliphatic heterocycles. The van der Waals surface area contributed by atoms with Gasteiger partial charge in [0.1, 0.15) is 0 Å². The zero-order valence-electron chi connectivity index (χ0n) is 25.2. The largest absolute Gasteiger partial charge is 0.373 e. The van der Waals surface area contributed by atoms with E-state index in [1.54, 1.807) is 13.1 Å². The summed E-state index contributed by atoms with van der Waals surface area (Å²) >= 11 is 0. The molecule has 218 valence electrons. The smallest absolute Gasteiger partial charge is 0.350 e. The highest BCUT2D eigenvalue weighted by atomic mass is 16.5. The Balaban J connectivity index is 1.37. The second kappa shape index (κ2) is 12.3. The molecular formula is C32H43N7O2. The molecule has 3 aromatic rings. The lowest BCUT2D eigenvalue weighted by Gasteiger charge is -2.49. The van der Waals surface area contributed by atoms with Crippen molar-refractivity contribution < 1.29 is 4.74 Å². The van der Waals surface area contributed by atoms with E-state index in [-0.39, 0.29) is 36.0 Å². The van der Waals surface area contributed by atoms with Crippen LogP contribution < -0.4 is 10.6 Å². The number of fused-ring (bicyclic) bond motifs is 1. The highest BCUT2D eigenvalue weighted by molar-refractivity contribution is 5.87. The standard InChI is InChI=1S/C32H43N7O2/c1-8-26-20-39(31-30-28(36(7)32(40)35-31)14-15-29(33-6)34-30)27(9-2)19-38(26)23(5)25-12-10-24(11-13-25)18-37-16-21(3)41-22(4)17-37/h10-15,21-23,26-27H,8-9,16-20H2,1-5,7H3/t21-,22+,23?,26-,27+/m1/s1. The van der Waals surface area contributed by atoms with Gasteiger partial charge in [-0.05, 0) is 56.9 Å². The summed E-state index contributed by atoms with van der Waals surface area (Å²) < 4.78 is 7.42. The van der Waals surface area contributed by atoms with Gasteiger partial charge in [-0.15, -0.1) is 4.98 Å². The van der Waals surface area contributed by atoms with Crippen LogP contribution in [0.25, 0.3) is 15.9 Å². The van der Waals surface area contributed by atoms with E-state index in [1.165, 1.54) is 15.7 Å². The first-order valence-electron chi connectivity index (χ1n) is 15.0. The predicted octanol–water partition coefficient (Wildman–Crippen LogP) is 4.93. The second-order valence-electron chi connectivity index (χ2n) is 11.8. The summed E-state index contributed by atoms with van der Waals surface area (Å²) in [7, 11) is 1.71. The molecule has 1 unspecified atom stereocenters. The van der Waals surface area contributed by atoms with Gasteiger partial charge in [-0.3, -0.25) is 14.4 Å². The summed E-state index contributed by atoms with van der Waals surface area (Å²) in [6.45, 7) is 23.0. The molecule has 0 N–H and O–H groups in total. The minimum Gasteiger partial charge on any atom is -0.373 e. The summed E-state index contributed by atoms with van der Waals surface area (Å²) in [5.74, 6) is 0.912. The van der Waals surface area contributed by atoms with Crippen LogP contribution in [-0.2, 0) is 18.3 Å². The number of anilines is 1. The molecule has 0 amide bonds. The maximum Gasteiger partial charge on any atom is 0.350 e. The summed E-state index contributed by atoms with van der Waals surface area (Å²) in [6.07, 6.45) is 2.43. The van der Waals surface area contributed by atoms with Gasteiger partial charge >= 0.3 is 5.69 Å². The normalized spacial score (nSPS) is 24.9. The van der Waals surface area contributed by atoms with E-state index in [4.69, 9.17) is 11.3 Å². The number of pyridine rings is 1. The van der Waals surface area contributed by atoms with Gasteiger partial charge in [0.05, 0.1) is 17.7 Å². The molecule has 9 heteroatoms. The minimum absolute atomic E-state index is 0.172. The Kier molecular flexibility index (Phi) is 8.74. The highest BCUT2D eigenvalue weighted by Crippen LogP contribution is 2.34. The van der Waals surface area contributed by atoms with E-state index in [9.17, 15) is 4.79 Å². The Labute approximate surface area is 243 Å². The van der Waals surface area contributed by atoms with E-state index in [2.05, 4.69) is 88.4 Å². The topological polar surface area (TPSA) is 71.1 Å². The number of nitrogens with zero attached hydrogens (tertiary/aromatic N) is 7. The molecule has 5 atom stereocenters. The van der Waals surface area contributed by atoms with E-state index in [0.29, 0.717) is 22.7 Å². The van der Waals surface area contributed by atoms with Gasteiger partial charge in [0.15, 0.2) is 5.82 Å². The Hall–Kier alpha value is -3.32. The van der Waals surface area contributed by atoms with Gasteiger partial charge in [-0.25, -0.2) is 4.79 Å². The van der Waals surface area contributed by atoms with Gasteiger partial charge in [-0.2, -0.15) is 4.98 Å². The molecule has 0 aliphatic carbocycles. The molecule has 2 fully saturated rings. The number of rotatable bonds is 7. The molecule has 41 heavy (non-hydrogen) atoms. The minimum atomic E-state index is -0.301. The molecule has 2 aromatic heterocycles. The van der Waals surface area contributed by atoms with Crippen LogP contribution in [0.1, 0.15) is 64.6 Å². The van der Waals surface area contributed by atoms with Gasteiger partial charge in [-0.1, -0.05) is 44.7 Å². The van der Waals surface area contributed by atoms with Crippen LogP contribution in [0.3, 0.4) is 0 Å². The Morgan fingerprint density at radius 1 is 0.976 bits per heavy atom. The van der Waals surface area contributed by atoms with Gasteiger partial charge in [0.25, 0.3) is 5.82 Å². The number of aryl methyl sites for hydroxylation is 1. The predicted molar refractivity (Wildman–Crippen MR) is 163 cm³/mol. The van der Waals surface area contributed by atoms with Crippen LogP contribution in [0.2, 0.25) is 0 Å². The number of piperazine rings is 1. The molecule has 9 nitrogen and oxygen atoms in total. The number of morpholine rings is 1. The van der Waals surface area contributed by atoms with Crippen molar-refractivity contribution in [1.82, 2.24) is 24.3 Å². The summed E-state index contributed by atoms with van der Waals surface area (Å²) in [5.41, 5.74) is 3.67. The molecule has 2 saturated heterocycles. The first-order valence-corrected chi connectivity index (χ1v) is 15.0. The fraction of sp³-hybridized carbons (Fsp3) is 0.562. The van der Waals surface area contributed by atoms with Crippen molar-refractivity contribution in [2.75, 3.05) is 31.1 Å². The fourth-order valence-corrected chi connectivity index (χ4v) is 6.64. The van der Waals surface area contributed by atoms with Crippen LogP contribution in [0.4, 0.5) is 11.6 Å². The van der Waals surface area contributed by atoms with Crippen LogP contribution >= 0.6 is 0 Å². The average molecular weight is 558 g/mol. The molecule has 0 radical (unpaired) electrons. The lowest BCUT2D eigenvalue weighted by atomic mass is 9.96. The number of hydrogen-bond donors (Lipinski definition) is 0. The Morgan fingerprint density at radius 2 is 1.66 bits per heavy atom. The third-order valence-corrected chi connectivity index (χ3v) is 8.85. The molecule has 1 aromatic carbocycles. The van der Waals surface area contributed by atoms with Crippen molar-refractivity contribution >= 4 is 22.7 Å². The average Bonchev–Trinajstić information content (AvgIpc) is 2.97. The molecule has 0 bridgehead atoms. The Bertz CT molecular complexity index is 1450. The molecular weight excluding hydrogens is 514 g/mol. The van der Waals surface area contributed by atoms with Crippen molar-refractivity contribution in [3.63, 3.8) is 0 Å². The lowest BCUT2D eigenvalue weighted by molar-refractivity contribution is -0.0704. The lowest BCUT2D eigenvalue weighted by Crippen LogP contribution is -2.59. The fourth-order valence-electron chi connectivity index (χ4n) is 6.64.